The van der Waals surface area contributed by atoms with Gasteiger partial charge in [0.05, 0.1) is 5.41 Å². The van der Waals surface area contributed by atoms with Crippen LogP contribution in [0, 0.1) is 12.8 Å². The summed E-state index contributed by atoms with van der Waals surface area (Å²) in [7, 11) is 0. The smallest absolute Gasteiger partial charge is 0.0733 e. The third-order valence-corrected chi connectivity index (χ3v) is 10.6. The molecule has 0 fully saturated rings. The summed E-state index contributed by atoms with van der Waals surface area (Å²) in [5.74, 6) is 0.341. The number of hydrogen-bond acceptors (Lipinski definition) is 1. The van der Waals surface area contributed by atoms with Crippen molar-refractivity contribution in [3.8, 4) is 22.3 Å². The zero-order chi connectivity index (χ0) is 34.1. The molecule has 3 aliphatic rings. The van der Waals surface area contributed by atoms with Crippen LogP contribution in [0.2, 0.25) is 0 Å². The third kappa shape index (κ3) is 5.53. The molecule has 0 aromatic heterocycles. The molecule has 244 valence electrons. The van der Waals surface area contributed by atoms with E-state index in [9.17, 15) is 0 Å². The van der Waals surface area contributed by atoms with Crippen molar-refractivity contribution in [2.75, 3.05) is 5.32 Å². The maximum atomic E-state index is 4.71. The Hall–Kier alpha value is -5.66. The molecule has 0 saturated heterocycles. The molecule has 0 amide bonds. The number of para-hydroxylation sites is 1. The van der Waals surface area contributed by atoms with Crippen molar-refractivity contribution in [3.05, 3.63) is 215 Å². The molecule has 8 rings (SSSR count). The third-order valence-electron chi connectivity index (χ3n) is 10.6. The van der Waals surface area contributed by atoms with E-state index in [4.69, 9.17) is 6.58 Å². The van der Waals surface area contributed by atoms with Gasteiger partial charge in [0.2, 0.25) is 0 Å². The molecule has 5 aromatic rings. The number of hydrogen-bond donors (Lipinski definition) is 1. The molecular formula is C49H43N. The Labute approximate surface area is 297 Å². The highest BCUT2D eigenvalue weighted by atomic mass is 14.9. The summed E-state index contributed by atoms with van der Waals surface area (Å²) in [5, 5.41) is 3.96. The molecular weight excluding hydrogens is 603 g/mol. The fourth-order valence-electron chi connectivity index (χ4n) is 8.11. The van der Waals surface area contributed by atoms with Crippen molar-refractivity contribution >= 4 is 11.3 Å². The minimum atomic E-state index is -0.579. The first-order valence-electron chi connectivity index (χ1n) is 17.9. The molecule has 0 aliphatic heterocycles. The van der Waals surface area contributed by atoms with Crippen molar-refractivity contribution in [2.24, 2.45) is 5.92 Å². The molecule has 1 heteroatoms. The number of allylic oxidation sites excluding steroid dienone is 9. The number of fused-ring (bicyclic) bond motifs is 2. The van der Waals surface area contributed by atoms with Crippen LogP contribution in [0.5, 0.6) is 0 Å². The minimum absolute atomic E-state index is 0.219. The van der Waals surface area contributed by atoms with E-state index in [2.05, 4.69) is 189 Å². The Bertz CT molecular complexity index is 2220. The Morgan fingerprint density at radius 3 is 2.14 bits per heavy atom. The van der Waals surface area contributed by atoms with Crippen molar-refractivity contribution in [2.45, 2.75) is 38.1 Å². The summed E-state index contributed by atoms with van der Waals surface area (Å²) in [6.45, 7) is 9.12. The molecule has 0 bridgehead atoms. The Morgan fingerprint density at radius 1 is 0.680 bits per heavy atom. The number of nitrogens with one attached hydrogen (secondary N) is 1. The lowest BCUT2D eigenvalue weighted by Gasteiger charge is -2.37. The van der Waals surface area contributed by atoms with Crippen LogP contribution in [-0.2, 0) is 5.41 Å². The highest BCUT2D eigenvalue weighted by molar-refractivity contribution is 5.97. The van der Waals surface area contributed by atoms with Crippen LogP contribution in [0.4, 0.5) is 5.69 Å². The number of benzene rings is 5. The molecule has 0 heterocycles. The number of anilines is 1. The van der Waals surface area contributed by atoms with Crippen LogP contribution in [0.15, 0.2) is 188 Å². The summed E-state index contributed by atoms with van der Waals surface area (Å²) < 4.78 is 0. The zero-order valence-electron chi connectivity index (χ0n) is 28.9. The van der Waals surface area contributed by atoms with Crippen LogP contribution < -0.4 is 5.32 Å². The van der Waals surface area contributed by atoms with Crippen LogP contribution >= 0.6 is 0 Å². The first kappa shape index (κ1) is 31.6. The van der Waals surface area contributed by atoms with Crippen molar-refractivity contribution in [1.82, 2.24) is 0 Å². The fourth-order valence-corrected chi connectivity index (χ4v) is 8.11. The average molecular weight is 646 g/mol. The molecule has 3 unspecified atom stereocenters. The minimum Gasteiger partial charge on any atom is -0.378 e. The Morgan fingerprint density at radius 2 is 1.40 bits per heavy atom. The second kappa shape index (κ2) is 13.3. The first-order chi connectivity index (χ1) is 24.6. The Balaban J connectivity index is 1.38. The van der Waals surface area contributed by atoms with Gasteiger partial charge in [-0.3, -0.25) is 0 Å². The van der Waals surface area contributed by atoms with E-state index in [0.29, 0.717) is 5.92 Å². The molecule has 3 atom stereocenters. The molecule has 5 aromatic carbocycles. The molecule has 1 nitrogen and oxygen atoms in total. The topological polar surface area (TPSA) is 12.0 Å². The van der Waals surface area contributed by atoms with Gasteiger partial charge in [0, 0.05) is 11.7 Å². The molecule has 50 heavy (non-hydrogen) atoms. The van der Waals surface area contributed by atoms with Gasteiger partial charge in [-0.15, -0.1) is 0 Å². The van der Waals surface area contributed by atoms with Crippen LogP contribution in [0.3, 0.4) is 0 Å². The van der Waals surface area contributed by atoms with Gasteiger partial charge < -0.3 is 5.32 Å². The normalized spacial score (nSPS) is 22.0. The Kier molecular flexibility index (Phi) is 8.43. The van der Waals surface area contributed by atoms with E-state index in [0.717, 1.165) is 24.1 Å². The molecule has 1 N–H and O–H groups in total. The van der Waals surface area contributed by atoms with E-state index in [1.54, 1.807) is 0 Å². The van der Waals surface area contributed by atoms with Crippen LogP contribution in [0.1, 0.15) is 47.6 Å². The summed E-state index contributed by atoms with van der Waals surface area (Å²) in [5.41, 5.74) is 15.3. The second-order valence-electron chi connectivity index (χ2n) is 13.8. The summed E-state index contributed by atoms with van der Waals surface area (Å²) >= 11 is 0. The fraction of sp³-hybridized carbons (Fsp3) is 0.143. The maximum Gasteiger partial charge on any atom is 0.0733 e. The summed E-state index contributed by atoms with van der Waals surface area (Å²) in [6, 6.07) is 45.2. The van der Waals surface area contributed by atoms with Crippen LogP contribution in [0.25, 0.3) is 27.8 Å². The van der Waals surface area contributed by atoms with E-state index < -0.39 is 5.41 Å². The van der Waals surface area contributed by atoms with Gasteiger partial charge in [0.25, 0.3) is 0 Å². The molecule has 0 spiro atoms. The van der Waals surface area contributed by atoms with Crippen molar-refractivity contribution in [1.29, 1.82) is 0 Å². The molecule has 0 radical (unpaired) electrons. The summed E-state index contributed by atoms with van der Waals surface area (Å²) in [6.07, 6.45) is 20.2. The van der Waals surface area contributed by atoms with Crippen molar-refractivity contribution in [3.63, 3.8) is 0 Å². The van der Waals surface area contributed by atoms with Gasteiger partial charge in [-0.2, -0.15) is 0 Å². The van der Waals surface area contributed by atoms with Gasteiger partial charge in [0.15, 0.2) is 0 Å². The first-order valence-corrected chi connectivity index (χ1v) is 17.9. The standard InChI is InChI=1S/C49H43N/c1-4-36-23-22-35(3)48-43-30-29-40(38-27-25-37(26-28-38)39-15-13-14-34(2)32-39)33-46(43)49(45(48)31-24-36,41-16-7-5-8-17-41)44-20-11-12-21-47(44)50-42-18-9-6-10-19-42/h5-18,20-33,36,42,50H,3-4,19H2,1-2H3/b23-22-,31-24-. The van der Waals surface area contributed by atoms with E-state index in [-0.39, 0.29) is 6.04 Å². The van der Waals surface area contributed by atoms with Gasteiger partial charge in [0.1, 0.15) is 0 Å². The maximum absolute atomic E-state index is 4.71. The highest BCUT2D eigenvalue weighted by Crippen LogP contribution is 2.59. The summed E-state index contributed by atoms with van der Waals surface area (Å²) in [4.78, 5) is 0. The quantitative estimate of drug-likeness (QED) is 0.186. The lowest BCUT2D eigenvalue weighted by atomic mass is 9.65. The van der Waals surface area contributed by atoms with Gasteiger partial charge in [-0.25, -0.2) is 0 Å². The predicted molar refractivity (Wildman–Crippen MR) is 213 cm³/mol. The van der Waals surface area contributed by atoms with Crippen molar-refractivity contribution < 1.29 is 0 Å². The average Bonchev–Trinajstić information content (AvgIpc) is 3.44. The van der Waals surface area contributed by atoms with Gasteiger partial charge in [-0.05, 0) is 99.0 Å². The monoisotopic (exact) mass is 645 g/mol. The van der Waals surface area contributed by atoms with E-state index in [1.807, 2.05) is 0 Å². The van der Waals surface area contributed by atoms with Gasteiger partial charge >= 0.3 is 0 Å². The van der Waals surface area contributed by atoms with Crippen LogP contribution in [-0.4, -0.2) is 6.04 Å². The lowest BCUT2D eigenvalue weighted by Crippen LogP contribution is -2.31. The van der Waals surface area contributed by atoms with E-state index in [1.165, 1.54) is 61.2 Å². The van der Waals surface area contributed by atoms with E-state index >= 15 is 0 Å². The predicted octanol–water partition coefficient (Wildman–Crippen LogP) is 12.4. The lowest BCUT2D eigenvalue weighted by molar-refractivity contribution is 0.744. The van der Waals surface area contributed by atoms with Gasteiger partial charge in [-0.1, -0.05) is 177 Å². The number of rotatable bonds is 7. The SMILES string of the molecule is C=C1/C=C\C(CC)/C=C\C2=C1c1ccc(-c3ccc(-c4cccc(C)c4)cc3)cc1C2(c1ccccc1)c1ccccc1NC1C=CC=CC1. The number of aryl methyl sites for hydroxylation is 1. The molecule has 3 aliphatic carbocycles. The zero-order valence-corrected chi connectivity index (χ0v) is 28.9. The highest BCUT2D eigenvalue weighted by Gasteiger charge is 2.48. The largest absolute Gasteiger partial charge is 0.378 e. The molecule has 0 saturated carbocycles. The second-order valence-corrected chi connectivity index (χ2v) is 13.8.